The van der Waals surface area contributed by atoms with Crippen molar-refractivity contribution in [3.05, 3.63) is 28.3 Å². The summed E-state index contributed by atoms with van der Waals surface area (Å²) in [4.78, 5) is 21.4. The third kappa shape index (κ3) is 4.89. The summed E-state index contributed by atoms with van der Waals surface area (Å²) in [5.41, 5.74) is -0.547. The van der Waals surface area contributed by atoms with Gasteiger partial charge in [0.2, 0.25) is 10.0 Å². The number of carbonyl (C=O) groups is 1. The van der Waals surface area contributed by atoms with Gasteiger partial charge in [-0.3, -0.25) is 10.1 Å². The molecule has 1 aromatic carbocycles. The molecule has 0 spiro atoms. The number of carboxylic acids is 1. The van der Waals surface area contributed by atoms with E-state index in [0.29, 0.717) is 0 Å². The summed E-state index contributed by atoms with van der Waals surface area (Å²) in [5.74, 6) is -1.08. The minimum Gasteiger partial charge on any atom is -0.480 e. The van der Waals surface area contributed by atoms with Crippen LogP contribution in [0.3, 0.4) is 0 Å². The van der Waals surface area contributed by atoms with Crippen LogP contribution in [0.1, 0.15) is 20.3 Å². The van der Waals surface area contributed by atoms with Crippen molar-refractivity contribution >= 4 is 27.4 Å². The number of anilines is 1. The number of carboxylic acid groups (broad SMARTS) is 1. The summed E-state index contributed by atoms with van der Waals surface area (Å²) in [6.45, 7) is 3.66. The van der Waals surface area contributed by atoms with E-state index >= 15 is 0 Å². The third-order valence-electron chi connectivity index (χ3n) is 3.08. The number of aliphatic carboxylic acids is 1. The van der Waals surface area contributed by atoms with E-state index in [4.69, 9.17) is 0 Å². The molecule has 0 amide bonds. The Hall–Kier alpha value is -2.20. The second-order valence-corrected chi connectivity index (χ2v) is 7.19. The summed E-state index contributed by atoms with van der Waals surface area (Å²) in [5, 5.41) is 23.0. The van der Waals surface area contributed by atoms with Crippen molar-refractivity contribution in [1.29, 1.82) is 0 Å². The lowest BCUT2D eigenvalue weighted by molar-refractivity contribution is -0.384. The topological polar surface area (TPSA) is 139 Å². The number of benzene rings is 1. The average molecular weight is 345 g/mol. The molecule has 1 atom stereocenters. The van der Waals surface area contributed by atoms with E-state index in [-0.39, 0.29) is 22.9 Å². The molecule has 0 fully saturated rings. The van der Waals surface area contributed by atoms with Gasteiger partial charge in [0.15, 0.2) is 0 Å². The molecule has 9 nitrogen and oxygen atoms in total. The van der Waals surface area contributed by atoms with Crippen molar-refractivity contribution in [2.24, 2.45) is 5.92 Å². The largest absolute Gasteiger partial charge is 0.480 e. The van der Waals surface area contributed by atoms with E-state index in [1.165, 1.54) is 19.2 Å². The first-order valence-electron chi connectivity index (χ1n) is 6.79. The van der Waals surface area contributed by atoms with Gasteiger partial charge in [0, 0.05) is 6.07 Å². The highest BCUT2D eigenvalue weighted by atomic mass is 32.2. The monoisotopic (exact) mass is 345 g/mol. The lowest BCUT2D eigenvalue weighted by Crippen LogP contribution is -2.31. The zero-order valence-electron chi connectivity index (χ0n) is 12.9. The van der Waals surface area contributed by atoms with Crippen LogP contribution in [0.2, 0.25) is 0 Å². The predicted octanol–water partition coefficient (Wildman–Crippen LogP) is 1.41. The number of hydrogen-bond donors (Lipinski definition) is 3. The smallest absolute Gasteiger partial charge is 0.326 e. The number of rotatable bonds is 8. The maximum atomic E-state index is 11.7. The summed E-state index contributed by atoms with van der Waals surface area (Å²) in [6.07, 6.45) is 0.267. The first-order chi connectivity index (χ1) is 10.6. The van der Waals surface area contributed by atoms with Crippen LogP contribution in [0.25, 0.3) is 0 Å². The van der Waals surface area contributed by atoms with Gasteiger partial charge in [-0.2, -0.15) is 0 Å². The molecule has 3 N–H and O–H groups in total. The summed E-state index contributed by atoms with van der Waals surface area (Å²) < 4.78 is 25.5. The van der Waals surface area contributed by atoms with E-state index in [0.717, 1.165) is 6.07 Å². The summed E-state index contributed by atoms with van der Waals surface area (Å²) in [6, 6.07) is 2.25. The van der Waals surface area contributed by atoms with Crippen molar-refractivity contribution < 1.29 is 23.2 Å². The molecule has 1 aromatic rings. The molecule has 0 saturated heterocycles. The number of nitrogens with one attached hydrogen (secondary N) is 2. The van der Waals surface area contributed by atoms with Crippen LogP contribution < -0.4 is 10.0 Å². The lowest BCUT2D eigenvalue weighted by atomic mass is 10.0. The van der Waals surface area contributed by atoms with Crippen molar-refractivity contribution in [2.75, 3.05) is 12.4 Å². The van der Waals surface area contributed by atoms with Gasteiger partial charge in [-0.15, -0.1) is 0 Å². The molecule has 0 aliphatic heterocycles. The first kappa shape index (κ1) is 18.8. The van der Waals surface area contributed by atoms with E-state index in [2.05, 4.69) is 10.0 Å². The van der Waals surface area contributed by atoms with Gasteiger partial charge in [-0.05, 0) is 31.5 Å². The summed E-state index contributed by atoms with van der Waals surface area (Å²) in [7, 11) is -2.64. The lowest BCUT2D eigenvalue weighted by Gasteiger charge is -2.18. The standard InChI is InChI=1S/C13H19N3O6S/c1-8(2)6-11(13(17)18)15-10-5-4-9(23(21,22)14-3)7-12(10)16(19)20/h4-5,7-8,11,14-15H,6H2,1-3H3,(H,17,18)/t11-/m0/s1. The molecule has 0 aliphatic carbocycles. The second kappa shape index (κ2) is 7.38. The Kier molecular flexibility index (Phi) is 6.05. The molecule has 0 aromatic heterocycles. The van der Waals surface area contributed by atoms with E-state index in [1.807, 2.05) is 13.8 Å². The van der Waals surface area contributed by atoms with Crippen molar-refractivity contribution in [3.63, 3.8) is 0 Å². The quantitative estimate of drug-likeness (QED) is 0.478. The Morgan fingerprint density at radius 1 is 1.39 bits per heavy atom. The highest BCUT2D eigenvalue weighted by molar-refractivity contribution is 7.89. The van der Waals surface area contributed by atoms with Crippen molar-refractivity contribution in [1.82, 2.24) is 4.72 Å². The third-order valence-corrected chi connectivity index (χ3v) is 4.49. The number of nitrogens with zero attached hydrogens (tertiary/aromatic N) is 1. The minimum atomic E-state index is -3.83. The molecular weight excluding hydrogens is 326 g/mol. The maximum Gasteiger partial charge on any atom is 0.326 e. The average Bonchev–Trinajstić information content (AvgIpc) is 2.45. The first-order valence-corrected chi connectivity index (χ1v) is 8.28. The Bertz CT molecular complexity index is 702. The molecular formula is C13H19N3O6S. The van der Waals surface area contributed by atoms with Crippen molar-refractivity contribution in [3.8, 4) is 0 Å². The number of nitro groups is 1. The van der Waals surface area contributed by atoms with Gasteiger partial charge in [0.05, 0.1) is 9.82 Å². The maximum absolute atomic E-state index is 11.7. The van der Waals surface area contributed by atoms with E-state index in [9.17, 15) is 28.4 Å². The van der Waals surface area contributed by atoms with Crippen LogP contribution >= 0.6 is 0 Å². The Morgan fingerprint density at radius 3 is 2.43 bits per heavy atom. The fourth-order valence-corrected chi connectivity index (χ4v) is 2.70. The van der Waals surface area contributed by atoms with Crippen LogP contribution in [0.4, 0.5) is 11.4 Å². The fourth-order valence-electron chi connectivity index (χ4n) is 1.95. The van der Waals surface area contributed by atoms with Crippen LogP contribution in [-0.2, 0) is 14.8 Å². The molecule has 23 heavy (non-hydrogen) atoms. The number of sulfonamides is 1. The molecule has 0 radical (unpaired) electrons. The minimum absolute atomic E-state index is 0.0434. The van der Waals surface area contributed by atoms with Crippen LogP contribution in [0.5, 0.6) is 0 Å². The molecule has 128 valence electrons. The van der Waals surface area contributed by atoms with Gasteiger partial charge in [-0.1, -0.05) is 13.8 Å². The molecule has 10 heteroatoms. The Balaban J connectivity index is 3.26. The SMILES string of the molecule is CNS(=O)(=O)c1ccc(N[C@@H](CC(C)C)C(=O)O)c([N+](=O)[O-])c1. The normalized spacial score (nSPS) is 12.9. The number of nitro benzene ring substituents is 1. The number of hydrogen-bond acceptors (Lipinski definition) is 6. The van der Waals surface area contributed by atoms with Gasteiger partial charge in [-0.25, -0.2) is 17.9 Å². The summed E-state index contributed by atoms with van der Waals surface area (Å²) >= 11 is 0. The van der Waals surface area contributed by atoms with Gasteiger partial charge in [0.1, 0.15) is 11.7 Å². The van der Waals surface area contributed by atoms with Crippen LogP contribution in [0.15, 0.2) is 23.1 Å². The Morgan fingerprint density at radius 2 is 2.00 bits per heavy atom. The predicted molar refractivity (Wildman–Crippen MR) is 83.8 cm³/mol. The molecule has 0 bridgehead atoms. The van der Waals surface area contributed by atoms with Crippen molar-refractivity contribution in [2.45, 2.75) is 31.2 Å². The zero-order chi connectivity index (χ0) is 17.8. The van der Waals surface area contributed by atoms with E-state index in [1.54, 1.807) is 0 Å². The highest BCUT2D eigenvalue weighted by Gasteiger charge is 2.25. The zero-order valence-corrected chi connectivity index (χ0v) is 13.8. The molecule has 0 saturated carbocycles. The molecule has 0 aliphatic rings. The Labute approximate surface area is 133 Å². The van der Waals surface area contributed by atoms with Gasteiger partial charge in [0.25, 0.3) is 5.69 Å². The van der Waals surface area contributed by atoms with Gasteiger partial charge < -0.3 is 10.4 Å². The van der Waals surface area contributed by atoms with Crippen LogP contribution in [-0.4, -0.2) is 37.5 Å². The van der Waals surface area contributed by atoms with E-state index < -0.39 is 32.6 Å². The molecule has 1 rings (SSSR count). The van der Waals surface area contributed by atoms with Gasteiger partial charge >= 0.3 is 5.97 Å². The highest BCUT2D eigenvalue weighted by Crippen LogP contribution is 2.28. The molecule has 0 heterocycles. The fraction of sp³-hybridized carbons (Fsp3) is 0.462. The second-order valence-electron chi connectivity index (χ2n) is 5.31. The van der Waals surface area contributed by atoms with Crippen LogP contribution in [0, 0.1) is 16.0 Å². The molecule has 0 unspecified atom stereocenters.